The van der Waals surface area contributed by atoms with Gasteiger partial charge in [-0.15, -0.1) is 0 Å². The van der Waals surface area contributed by atoms with Crippen LogP contribution in [0.4, 0.5) is 0 Å². The fourth-order valence-electron chi connectivity index (χ4n) is 5.50. The minimum atomic E-state index is -2.06. The third-order valence-corrected chi connectivity index (χ3v) is 27.6. The van der Waals surface area contributed by atoms with Gasteiger partial charge in [-0.25, -0.2) is 0 Å². The van der Waals surface area contributed by atoms with Crippen molar-refractivity contribution >= 4 is 39.8 Å². The normalized spacial score (nSPS) is 25.3. The summed E-state index contributed by atoms with van der Waals surface area (Å²) >= 11 is -5.57. The molecule has 0 heterocycles. The number of rotatable bonds is 6. The average molecular weight is 602 g/mol. The zero-order valence-electron chi connectivity index (χ0n) is 21.4. The first kappa shape index (κ1) is 25.5. The molecule has 1 nitrogen and oxygen atoms in total. The van der Waals surface area contributed by atoms with Crippen LogP contribution in [0.25, 0.3) is 0 Å². The fourth-order valence-corrected chi connectivity index (χ4v) is 22.3. The summed E-state index contributed by atoms with van der Waals surface area (Å²) in [6.07, 6.45) is 4.43. The Morgan fingerprint density at radius 3 is 1.52 bits per heavy atom. The minimum absolute atomic E-state index is 0.440. The van der Waals surface area contributed by atoms with Crippen molar-refractivity contribution in [2.24, 2.45) is 0 Å². The SMILES string of the molecule is [CH3][Ge]([CH3])([CH3])[CH]1C[CH]([Ge]([CH3])([CH3])[CH3])C[C](c2ccc(Oc3ccccc3)cc2)([Ge]([CH3])([CH3])[CH3])C1. The summed E-state index contributed by atoms with van der Waals surface area (Å²) in [6.45, 7) is 0. The summed E-state index contributed by atoms with van der Waals surface area (Å²) in [5, 5.41) is 0. The monoisotopic (exact) mass is 606 g/mol. The molecule has 0 radical (unpaired) electrons. The molecule has 2 aromatic rings. The quantitative estimate of drug-likeness (QED) is 0.300. The van der Waals surface area contributed by atoms with Crippen LogP contribution in [0.3, 0.4) is 0 Å². The van der Waals surface area contributed by atoms with Gasteiger partial charge >= 0.3 is 201 Å². The predicted molar refractivity (Wildman–Crippen MR) is 146 cm³/mol. The van der Waals surface area contributed by atoms with Gasteiger partial charge in [0.1, 0.15) is 0 Å². The number of hydrogen-bond acceptors (Lipinski definition) is 1. The van der Waals surface area contributed by atoms with Crippen molar-refractivity contribution in [2.75, 3.05) is 0 Å². The molecule has 2 atom stereocenters. The van der Waals surface area contributed by atoms with Gasteiger partial charge in [0.25, 0.3) is 0 Å². The zero-order valence-corrected chi connectivity index (χ0v) is 27.7. The standard InChI is InChI=1S/C27H44Ge3O/c1-28(2,3)23-19-24(29(4,5)6)21-27(20-23,30(7,8)9)22-15-17-26(18-16-22)31-25-13-11-10-12-14-25/h10-18,23-24H,19-21H2,1-9H3. The first-order valence-electron chi connectivity index (χ1n) is 12.1. The second-order valence-electron chi connectivity index (χ2n) is 13.0. The zero-order chi connectivity index (χ0) is 23.1. The van der Waals surface area contributed by atoms with E-state index in [0.717, 1.165) is 21.0 Å². The van der Waals surface area contributed by atoms with Gasteiger partial charge in [-0.3, -0.25) is 0 Å². The van der Waals surface area contributed by atoms with Gasteiger partial charge in [-0.1, -0.05) is 0 Å². The van der Waals surface area contributed by atoms with Gasteiger partial charge in [-0.05, 0) is 0 Å². The number of benzene rings is 2. The van der Waals surface area contributed by atoms with Gasteiger partial charge in [0.2, 0.25) is 0 Å². The van der Waals surface area contributed by atoms with Crippen LogP contribution in [0.2, 0.25) is 61.3 Å². The second kappa shape index (κ2) is 9.25. The molecule has 0 aliphatic heterocycles. The molecule has 3 rings (SSSR count). The fraction of sp³-hybridized carbons (Fsp3) is 0.556. The summed E-state index contributed by atoms with van der Waals surface area (Å²) in [5.74, 6) is 25.9. The van der Waals surface area contributed by atoms with Crippen LogP contribution in [0.1, 0.15) is 24.8 Å². The van der Waals surface area contributed by atoms with Crippen LogP contribution in [-0.4, -0.2) is 39.8 Å². The molecule has 0 bridgehead atoms. The Morgan fingerprint density at radius 2 is 1.10 bits per heavy atom. The Labute approximate surface area is 199 Å². The summed E-state index contributed by atoms with van der Waals surface area (Å²) in [4.78, 5) is 0. The summed E-state index contributed by atoms with van der Waals surface area (Å²) < 4.78 is 8.55. The van der Waals surface area contributed by atoms with Crippen molar-refractivity contribution in [3.63, 3.8) is 0 Å². The molecule has 0 aromatic heterocycles. The maximum absolute atomic E-state index is 6.12. The van der Waals surface area contributed by atoms with E-state index in [1.165, 1.54) is 19.3 Å². The molecule has 2 aromatic carbocycles. The second-order valence-corrected chi connectivity index (χ2v) is 47.8. The molecule has 0 saturated heterocycles. The third-order valence-electron chi connectivity index (χ3n) is 8.03. The molecular weight excluding hydrogens is 558 g/mol. The van der Waals surface area contributed by atoms with E-state index >= 15 is 0 Å². The number of para-hydroxylation sites is 1. The molecule has 31 heavy (non-hydrogen) atoms. The van der Waals surface area contributed by atoms with Crippen molar-refractivity contribution in [3.05, 3.63) is 60.2 Å². The van der Waals surface area contributed by atoms with Gasteiger partial charge in [0.15, 0.2) is 0 Å². The Hall–Kier alpha value is -0.131. The first-order valence-corrected chi connectivity index (χ1v) is 34.4. The van der Waals surface area contributed by atoms with Crippen LogP contribution < -0.4 is 4.74 Å². The van der Waals surface area contributed by atoms with Crippen LogP contribution in [0.15, 0.2) is 54.6 Å². The van der Waals surface area contributed by atoms with E-state index in [-0.39, 0.29) is 0 Å². The van der Waals surface area contributed by atoms with E-state index < -0.39 is 39.8 Å². The topological polar surface area (TPSA) is 9.23 Å². The van der Waals surface area contributed by atoms with Gasteiger partial charge < -0.3 is 0 Å². The summed E-state index contributed by atoms with van der Waals surface area (Å²) in [7, 11) is 0. The predicted octanol–water partition coefficient (Wildman–Crippen LogP) is 9.19. The Kier molecular flexibility index (Phi) is 7.61. The van der Waals surface area contributed by atoms with Crippen molar-refractivity contribution in [1.82, 2.24) is 0 Å². The van der Waals surface area contributed by atoms with E-state index in [9.17, 15) is 0 Å². The molecular formula is C27H44Ge3O. The molecule has 1 saturated carbocycles. The molecule has 1 fully saturated rings. The summed E-state index contributed by atoms with van der Waals surface area (Å²) in [5.41, 5.74) is 1.62. The maximum atomic E-state index is 6.12. The van der Waals surface area contributed by atoms with Crippen LogP contribution in [-0.2, 0) is 4.25 Å². The van der Waals surface area contributed by atoms with Gasteiger partial charge in [0.05, 0.1) is 0 Å². The Bertz CT molecular complexity index is 833. The van der Waals surface area contributed by atoms with Crippen molar-refractivity contribution in [1.29, 1.82) is 0 Å². The molecule has 1 aliphatic rings. The van der Waals surface area contributed by atoms with Crippen LogP contribution >= 0.6 is 0 Å². The van der Waals surface area contributed by atoms with E-state index in [2.05, 4.69) is 76.1 Å². The Balaban J connectivity index is 2.01. The molecule has 170 valence electrons. The van der Waals surface area contributed by atoms with E-state index in [0.29, 0.717) is 4.25 Å². The van der Waals surface area contributed by atoms with Crippen LogP contribution in [0.5, 0.6) is 11.5 Å². The van der Waals surface area contributed by atoms with Gasteiger partial charge in [-0.2, -0.15) is 0 Å². The molecule has 1 aliphatic carbocycles. The molecule has 0 N–H and O–H groups in total. The van der Waals surface area contributed by atoms with Crippen LogP contribution in [0, 0.1) is 0 Å². The van der Waals surface area contributed by atoms with Crippen molar-refractivity contribution < 1.29 is 4.74 Å². The molecule has 2 unspecified atom stereocenters. The first-order chi connectivity index (χ1) is 14.2. The number of ether oxygens (including phenoxy) is 1. The number of hydrogen-bond donors (Lipinski definition) is 0. The molecule has 0 amide bonds. The van der Waals surface area contributed by atoms with Crippen molar-refractivity contribution in [2.45, 2.75) is 84.8 Å². The summed E-state index contributed by atoms with van der Waals surface area (Å²) in [6, 6.07) is 19.5. The van der Waals surface area contributed by atoms with E-state index in [4.69, 9.17) is 4.74 Å². The average Bonchev–Trinajstić information content (AvgIpc) is 2.67. The van der Waals surface area contributed by atoms with Crippen molar-refractivity contribution in [3.8, 4) is 11.5 Å². The third kappa shape index (κ3) is 5.87. The van der Waals surface area contributed by atoms with E-state index in [1.54, 1.807) is 5.56 Å². The molecule has 4 heteroatoms. The molecule has 0 spiro atoms. The van der Waals surface area contributed by atoms with Gasteiger partial charge in [0, 0.05) is 0 Å². The van der Waals surface area contributed by atoms with E-state index in [1.807, 2.05) is 30.3 Å². The Morgan fingerprint density at radius 1 is 0.645 bits per heavy atom.